The molecule has 1 fully saturated rings. The van der Waals surface area contributed by atoms with Gasteiger partial charge in [0.15, 0.2) is 0 Å². The monoisotopic (exact) mass is 261 g/mol. The molecule has 0 bridgehead atoms. The first-order valence-corrected chi connectivity index (χ1v) is 5.38. The fourth-order valence-corrected chi connectivity index (χ4v) is 1.05. The number of carboxylic acid groups (broad SMARTS) is 1. The number of rotatable bonds is 3. The van der Waals surface area contributed by atoms with Gasteiger partial charge in [-0.25, -0.2) is 4.79 Å². The van der Waals surface area contributed by atoms with Gasteiger partial charge in [0.1, 0.15) is 6.54 Å². The minimum absolute atomic E-state index is 0.270. The van der Waals surface area contributed by atoms with Crippen molar-refractivity contribution in [3.05, 3.63) is 0 Å². The molecule has 0 radical (unpaired) electrons. The minimum Gasteiger partial charge on any atom is -0.548 e. The maximum absolute atomic E-state index is 10.5. The Labute approximate surface area is 105 Å². The fraction of sp³-hybridized carbons (Fsp3) is 0.700. The molecule has 0 aromatic rings. The van der Waals surface area contributed by atoms with E-state index in [9.17, 15) is 19.5 Å². The van der Waals surface area contributed by atoms with Crippen molar-refractivity contribution in [3.63, 3.8) is 0 Å². The molecule has 18 heavy (non-hydrogen) atoms. The minimum atomic E-state index is -1.45. The van der Waals surface area contributed by atoms with E-state index in [-0.39, 0.29) is 13.0 Å². The fourth-order valence-electron chi connectivity index (χ4n) is 1.05. The van der Waals surface area contributed by atoms with E-state index >= 15 is 0 Å². The predicted molar refractivity (Wildman–Crippen MR) is 60.1 cm³/mol. The second-order valence-corrected chi connectivity index (χ2v) is 4.83. The maximum atomic E-state index is 10.5. The Morgan fingerprint density at radius 2 is 2.00 bits per heavy atom. The number of imide groups is 1. The molecule has 1 unspecified atom stereocenters. The lowest BCUT2D eigenvalue weighted by atomic mass is 10.2. The van der Waals surface area contributed by atoms with E-state index < -0.39 is 23.9 Å². The Bertz CT molecular complexity index is 308. The summed E-state index contributed by atoms with van der Waals surface area (Å²) in [6.07, 6.45) is -0.270. The molecule has 3 N–H and O–H groups in total. The van der Waals surface area contributed by atoms with Gasteiger partial charge in [-0.15, -0.1) is 0 Å². The predicted octanol–water partition coefficient (Wildman–Crippen LogP) is -2.98. The van der Waals surface area contributed by atoms with Crippen molar-refractivity contribution < 1.29 is 29.1 Å². The number of urea groups is 1. The van der Waals surface area contributed by atoms with Gasteiger partial charge in [-0.05, 0) is 0 Å². The highest BCUT2D eigenvalue weighted by Crippen LogP contribution is 1.95. The van der Waals surface area contributed by atoms with Crippen LogP contribution in [0.4, 0.5) is 4.79 Å². The first-order valence-electron chi connectivity index (χ1n) is 5.38. The Hall–Kier alpha value is -1.67. The third kappa shape index (κ3) is 7.58. The molecule has 0 aromatic carbocycles. The Morgan fingerprint density at radius 1 is 1.44 bits per heavy atom. The first kappa shape index (κ1) is 16.3. The lowest BCUT2D eigenvalue weighted by Crippen LogP contribution is -2.58. The molecule has 0 aromatic heterocycles. The summed E-state index contributed by atoms with van der Waals surface area (Å²) in [6.45, 7) is 1.11. The second kappa shape index (κ2) is 6.92. The van der Waals surface area contributed by atoms with Gasteiger partial charge in [0.25, 0.3) is 0 Å². The quantitative estimate of drug-likeness (QED) is 0.468. The van der Waals surface area contributed by atoms with Crippen LogP contribution in [0.2, 0.25) is 0 Å². The molecular weight excluding hydrogens is 242 g/mol. The van der Waals surface area contributed by atoms with Gasteiger partial charge >= 0.3 is 6.03 Å². The number of hydrogen-bond donors (Lipinski definition) is 3. The highest BCUT2D eigenvalue weighted by atomic mass is 16.4. The number of carbonyl (C=O) groups is 3. The molecule has 0 aliphatic carbocycles. The molecule has 1 aliphatic heterocycles. The molecule has 8 heteroatoms. The average molecular weight is 261 g/mol. The first-order chi connectivity index (χ1) is 8.15. The molecule has 8 nitrogen and oxygen atoms in total. The number of nitrogens with zero attached hydrogens (tertiary/aromatic N) is 1. The van der Waals surface area contributed by atoms with Gasteiger partial charge in [0.2, 0.25) is 5.91 Å². The Balaban J connectivity index is 0.000000360. The largest absolute Gasteiger partial charge is 0.548 e. The van der Waals surface area contributed by atoms with Gasteiger partial charge in [0, 0.05) is 0 Å². The molecule has 0 saturated carbocycles. The lowest BCUT2D eigenvalue weighted by Gasteiger charge is -2.23. The van der Waals surface area contributed by atoms with Crippen LogP contribution in [0.15, 0.2) is 0 Å². The number of likely N-dealkylation sites (N-methyl/N-ethyl adjacent to an activating group) is 1. The van der Waals surface area contributed by atoms with Crippen molar-refractivity contribution in [3.8, 4) is 0 Å². The van der Waals surface area contributed by atoms with Crippen LogP contribution in [0, 0.1) is 0 Å². The van der Waals surface area contributed by atoms with Crippen molar-refractivity contribution in [1.82, 2.24) is 10.6 Å². The Kier molecular flexibility index (Phi) is 6.28. The Morgan fingerprint density at radius 3 is 2.28 bits per heavy atom. The second-order valence-electron chi connectivity index (χ2n) is 4.83. The van der Waals surface area contributed by atoms with Gasteiger partial charge in [0.05, 0.1) is 46.2 Å². The smallest absolute Gasteiger partial charge is 0.321 e. The number of carboxylic acids is 1. The van der Waals surface area contributed by atoms with Crippen molar-refractivity contribution in [1.29, 1.82) is 0 Å². The molecule has 3 amide bonds. The van der Waals surface area contributed by atoms with Crippen LogP contribution < -0.4 is 15.7 Å². The molecular formula is C10H19N3O5. The molecule has 1 atom stereocenters. The molecule has 1 heterocycles. The average Bonchev–Trinajstić information content (AvgIpc) is 2.14. The van der Waals surface area contributed by atoms with E-state index in [0.717, 1.165) is 11.0 Å². The van der Waals surface area contributed by atoms with E-state index in [2.05, 4.69) is 21.1 Å². The highest BCUT2D eigenvalue weighted by Gasteiger charge is 2.23. The van der Waals surface area contributed by atoms with Crippen LogP contribution in [0.1, 0.15) is 6.42 Å². The molecule has 1 rings (SSSR count). The number of aliphatic hydroxyl groups is 1. The van der Waals surface area contributed by atoms with Gasteiger partial charge in [-0.1, -0.05) is 0 Å². The van der Waals surface area contributed by atoms with E-state index in [0.29, 0.717) is 0 Å². The maximum Gasteiger partial charge on any atom is 0.321 e. The van der Waals surface area contributed by atoms with Crippen LogP contribution in [0.25, 0.3) is 0 Å². The van der Waals surface area contributed by atoms with E-state index in [1.165, 1.54) is 0 Å². The summed E-state index contributed by atoms with van der Waals surface area (Å²) in [5.41, 5.74) is 0. The summed E-state index contributed by atoms with van der Waals surface area (Å²) in [5, 5.41) is 22.4. The van der Waals surface area contributed by atoms with Crippen LogP contribution in [0.5, 0.6) is 0 Å². The summed E-state index contributed by atoms with van der Waals surface area (Å²) in [4.78, 5) is 31.1. The van der Waals surface area contributed by atoms with Crippen molar-refractivity contribution >= 4 is 17.9 Å². The zero-order valence-electron chi connectivity index (χ0n) is 10.7. The van der Waals surface area contributed by atoms with Gasteiger partial charge in [-0.2, -0.15) is 0 Å². The summed E-state index contributed by atoms with van der Waals surface area (Å²) in [6, 6.07) is -1.99. The SMILES string of the molecule is C[N+](C)(C)CCO.O=C1CC(C(=O)[O-])NC(=O)N1. The van der Waals surface area contributed by atoms with Crippen LogP contribution in [-0.2, 0) is 9.59 Å². The van der Waals surface area contributed by atoms with Gasteiger partial charge in [-0.3, -0.25) is 10.1 Å². The zero-order chi connectivity index (χ0) is 14.3. The van der Waals surface area contributed by atoms with E-state index in [1.54, 1.807) is 0 Å². The van der Waals surface area contributed by atoms with E-state index in [1.807, 2.05) is 10.6 Å². The van der Waals surface area contributed by atoms with Crippen molar-refractivity contribution in [2.45, 2.75) is 12.5 Å². The summed E-state index contributed by atoms with van der Waals surface area (Å²) >= 11 is 0. The summed E-state index contributed by atoms with van der Waals surface area (Å²) in [7, 11) is 6.16. The normalized spacial score (nSPS) is 19.2. The zero-order valence-corrected chi connectivity index (χ0v) is 10.7. The van der Waals surface area contributed by atoms with E-state index in [4.69, 9.17) is 5.11 Å². The number of nitrogens with one attached hydrogen (secondary N) is 2. The van der Waals surface area contributed by atoms with Gasteiger partial charge < -0.3 is 24.8 Å². The number of quaternary nitrogens is 1. The van der Waals surface area contributed by atoms with Crippen molar-refractivity contribution in [2.24, 2.45) is 0 Å². The third-order valence-corrected chi connectivity index (χ3v) is 2.00. The molecule has 104 valence electrons. The number of aliphatic carboxylic acids is 1. The standard InChI is InChI=1S/C5H6N2O4.C5H14NO/c8-3-1-2(4(9)10)6-5(11)7-3;1-6(2,3)4-5-7/h2H,1H2,(H,9,10)(H2,6,7,8,11);7H,4-5H2,1-3H3/q;+1/p-1. The van der Waals surface area contributed by atoms with Crippen LogP contribution >= 0.6 is 0 Å². The number of amides is 3. The van der Waals surface area contributed by atoms with Crippen LogP contribution in [-0.4, -0.2) is 67.8 Å². The summed E-state index contributed by atoms with van der Waals surface area (Å²) in [5.74, 6) is -2.06. The topological polar surface area (TPSA) is 119 Å². The molecule has 1 saturated heterocycles. The molecule has 0 spiro atoms. The number of aliphatic hydroxyl groups excluding tert-OH is 1. The number of hydrogen-bond acceptors (Lipinski definition) is 5. The third-order valence-electron chi connectivity index (χ3n) is 2.00. The molecule has 1 aliphatic rings. The van der Waals surface area contributed by atoms with Crippen LogP contribution in [0.3, 0.4) is 0 Å². The van der Waals surface area contributed by atoms with Crippen molar-refractivity contribution in [2.75, 3.05) is 34.3 Å². The summed E-state index contributed by atoms with van der Waals surface area (Å²) < 4.78 is 0.844. The highest BCUT2D eigenvalue weighted by molar-refractivity contribution is 6.00. The lowest BCUT2D eigenvalue weighted by molar-refractivity contribution is -0.870. The number of carbonyl (C=O) groups excluding carboxylic acids is 3.